The lowest BCUT2D eigenvalue weighted by Gasteiger charge is -2.13. The summed E-state index contributed by atoms with van der Waals surface area (Å²) in [4.78, 5) is 0. The summed E-state index contributed by atoms with van der Waals surface area (Å²) in [6.45, 7) is 0. The van der Waals surface area contributed by atoms with Crippen LogP contribution < -0.4 is 15.8 Å². The first-order chi connectivity index (χ1) is 8.60. The Morgan fingerprint density at radius 2 is 1.94 bits per heavy atom. The smallest absolute Gasteiger partial charge is 0.142 e. The van der Waals surface area contributed by atoms with Crippen LogP contribution in [0, 0.1) is 5.82 Å². The van der Waals surface area contributed by atoms with Gasteiger partial charge in [-0.15, -0.1) is 0 Å². The molecule has 0 bridgehead atoms. The molecule has 2 rings (SSSR count). The Balaban J connectivity index is 2.38. The molecule has 3 nitrogen and oxygen atoms in total. The maximum Gasteiger partial charge on any atom is 0.142 e. The average molecular weight is 267 g/mol. The third kappa shape index (κ3) is 2.65. The molecule has 0 saturated heterocycles. The van der Waals surface area contributed by atoms with Gasteiger partial charge in [0.25, 0.3) is 0 Å². The van der Waals surface area contributed by atoms with Crippen molar-refractivity contribution in [3.05, 3.63) is 47.2 Å². The predicted molar refractivity (Wildman–Crippen MR) is 72.1 cm³/mol. The van der Waals surface area contributed by atoms with Crippen LogP contribution in [0.25, 0.3) is 0 Å². The lowest BCUT2D eigenvalue weighted by molar-refractivity contribution is 0.417. The van der Waals surface area contributed by atoms with Crippen molar-refractivity contribution in [2.45, 2.75) is 0 Å². The van der Waals surface area contributed by atoms with Gasteiger partial charge in [0.15, 0.2) is 0 Å². The van der Waals surface area contributed by atoms with Crippen LogP contribution in [-0.4, -0.2) is 7.11 Å². The summed E-state index contributed by atoms with van der Waals surface area (Å²) in [5, 5.41) is 3.55. The molecule has 2 aromatic carbocycles. The van der Waals surface area contributed by atoms with Gasteiger partial charge in [0, 0.05) is 5.02 Å². The van der Waals surface area contributed by atoms with Crippen molar-refractivity contribution in [2.75, 3.05) is 18.2 Å². The van der Waals surface area contributed by atoms with Crippen molar-refractivity contribution in [3.8, 4) is 5.75 Å². The highest BCUT2D eigenvalue weighted by Crippen LogP contribution is 2.32. The van der Waals surface area contributed by atoms with Gasteiger partial charge in [-0.1, -0.05) is 11.6 Å². The summed E-state index contributed by atoms with van der Waals surface area (Å²) in [6.07, 6.45) is 0. The lowest BCUT2D eigenvalue weighted by Crippen LogP contribution is -1.99. The van der Waals surface area contributed by atoms with Crippen LogP contribution in [-0.2, 0) is 0 Å². The van der Waals surface area contributed by atoms with Crippen LogP contribution in [0.15, 0.2) is 36.4 Å². The molecule has 0 aliphatic rings. The van der Waals surface area contributed by atoms with Crippen molar-refractivity contribution >= 4 is 28.7 Å². The summed E-state index contributed by atoms with van der Waals surface area (Å²) in [6, 6.07) is 9.23. The molecular formula is C13H12ClFN2O. The van der Waals surface area contributed by atoms with E-state index in [0.29, 0.717) is 27.8 Å². The fourth-order valence-electron chi connectivity index (χ4n) is 1.56. The maximum atomic E-state index is 13.2. The van der Waals surface area contributed by atoms with Gasteiger partial charge in [-0.2, -0.15) is 0 Å². The molecule has 18 heavy (non-hydrogen) atoms. The second-order valence-corrected chi connectivity index (χ2v) is 4.14. The number of anilines is 3. The molecule has 0 amide bonds. The Bertz CT molecular complexity index is 575. The summed E-state index contributed by atoms with van der Waals surface area (Å²) in [7, 11) is 1.54. The minimum absolute atomic E-state index is 0.368. The molecular weight excluding hydrogens is 255 g/mol. The lowest BCUT2D eigenvalue weighted by atomic mass is 10.2. The molecule has 0 saturated carbocycles. The molecule has 94 valence electrons. The van der Waals surface area contributed by atoms with Crippen LogP contribution >= 0.6 is 11.6 Å². The fraction of sp³-hybridized carbons (Fsp3) is 0.0769. The summed E-state index contributed by atoms with van der Waals surface area (Å²) in [5.41, 5.74) is 7.30. The van der Waals surface area contributed by atoms with Crippen molar-refractivity contribution in [1.82, 2.24) is 0 Å². The van der Waals surface area contributed by atoms with Gasteiger partial charge < -0.3 is 15.8 Å². The van der Waals surface area contributed by atoms with E-state index >= 15 is 0 Å². The molecule has 0 spiro atoms. The number of ether oxygens (including phenoxy) is 1. The number of nitrogen functional groups attached to an aromatic ring is 1. The number of nitrogens with one attached hydrogen (secondary N) is 1. The zero-order chi connectivity index (χ0) is 13.1. The van der Waals surface area contributed by atoms with E-state index in [-0.39, 0.29) is 5.82 Å². The van der Waals surface area contributed by atoms with Gasteiger partial charge >= 0.3 is 0 Å². The van der Waals surface area contributed by atoms with E-state index in [1.807, 2.05) is 0 Å². The Morgan fingerprint density at radius 1 is 1.17 bits per heavy atom. The number of hydrogen-bond acceptors (Lipinski definition) is 3. The molecule has 0 unspecified atom stereocenters. The van der Waals surface area contributed by atoms with Crippen LogP contribution in [0.1, 0.15) is 0 Å². The van der Waals surface area contributed by atoms with Gasteiger partial charge in [-0.25, -0.2) is 4.39 Å². The Kier molecular flexibility index (Phi) is 3.58. The molecule has 0 heterocycles. The third-order valence-electron chi connectivity index (χ3n) is 2.45. The van der Waals surface area contributed by atoms with Gasteiger partial charge in [-0.05, 0) is 36.4 Å². The molecule has 0 radical (unpaired) electrons. The van der Waals surface area contributed by atoms with Crippen molar-refractivity contribution in [1.29, 1.82) is 0 Å². The largest absolute Gasteiger partial charge is 0.495 e. The maximum absolute atomic E-state index is 13.2. The zero-order valence-electron chi connectivity index (χ0n) is 9.71. The van der Waals surface area contributed by atoms with Crippen LogP contribution in [0.2, 0.25) is 5.02 Å². The first-order valence-electron chi connectivity index (χ1n) is 5.26. The molecule has 0 aromatic heterocycles. The Morgan fingerprint density at radius 3 is 2.67 bits per heavy atom. The highest BCUT2D eigenvalue weighted by Gasteiger charge is 2.07. The molecule has 0 fully saturated rings. The van der Waals surface area contributed by atoms with Gasteiger partial charge in [-0.3, -0.25) is 0 Å². The molecule has 0 atom stereocenters. The highest BCUT2D eigenvalue weighted by molar-refractivity contribution is 6.31. The first-order valence-corrected chi connectivity index (χ1v) is 5.63. The monoisotopic (exact) mass is 266 g/mol. The zero-order valence-corrected chi connectivity index (χ0v) is 10.5. The van der Waals surface area contributed by atoms with Gasteiger partial charge in [0.1, 0.15) is 11.6 Å². The average Bonchev–Trinajstić information content (AvgIpc) is 2.34. The SMILES string of the molecule is COc1ccc(Cl)cc1Nc1cc(F)ccc1N. The van der Waals surface area contributed by atoms with E-state index < -0.39 is 0 Å². The predicted octanol–water partition coefficient (Wildman–Crippen LogP) is 3.81. The van der Waals surface area contributed by atoms with Crippen LogP contribution in [0.5, 0.6) is 5.75 Å². The molecule has 3 N–H and O–H groups in total. The normalized spacial score (nSPS) is 10.2. The number of hydrogen-bond donors (Lipinski definition) is 2. The highest BCUT2D eigenvalue weighted by atomic mass is 35.5. The van der Waals surface area contributed by atoms with E-state index in [1.165, 1.54) is 18.2 Å². The van der Waals surface area contributed by atoms with Crippen molar-refractivity contribution in [2.24, 2.45) is 0 Å². The Labute approximate surface area is 109 Å². The molecule has 5 heteroatoms. The minimum Gasteiger partial charge on any atom is -0.495 e. The summed E-state index contributed by atoms with van der Waals surface area (Å²) < 4.78 is 18.3. The summed E-state index contributed by atoms with van der Waals surface area (Å²) in [5.74, 6) is 0.232. The minimum atomic E-state index is -0.368. The van der Waals surface area contributed by atoms with Gasteiger partial charge in [0.05, 0.1) is 24.2 Å². The number of halogens is 2. The van der Waals surface area contributed by atoms with Crippen molar-refractivity contribution in [3.63, 3.8) is 0 Å². The summed E-state index contributed by atoms with van der Waals surface area (Å²) >= 11 is 5.91. The first kappa shape index (κ1) is 12.5. The quantitative estimate of drug-likeness (QED) is 0.831. The molecule has 0 aliphatic heterocycles. The number of benzene rings is 2. The number of rotatable bonds is 3. The molecule has 0 aliphatic carbocycles. The second-order valence-electron chi connectivity index (χ2n) is 3.70. The van der Waals surface area contributed by atoms with Gasteiger partial charge in [0.2, 0.25) is 0 Å². The van der Waals surface area contributed by atoms with E-state index in [9.17, 15) is 4.39 Å². The van der Waals surface area contributed by atoms with Crippen molar-refractivity contribution < 1.29 is 9.13 Å². The van der Waals surface area contributed by atoms with E-state index in [2.05, 4.69) is 5.32 Å². The second kappa shape index (κ2) is 5.14. The standard InChI is InChI=1S/C13H12ClFN2O/c1-18-13-5-2-8(14)6-12(13)17-11-7-9(15)3-4-10(11)16/h2-7,17H,16H2,1H3. The van der Waals surface area contributed by atoms with Crippen LogP contribution in [0.4, 0.5) is 21.5 Å². The topological polar surface area (TPSA) is 47.3 Å². The number of methoxy groups -OCH3 is 1. The molecule has 2 aromatic rings. The Hall–Kier alpha value is -1.94. The van der Waals surface area contributed by atoms with E-state index in [0.717, 1.165) is 0 Å². The number of nitrogens with two attached hydrogens (primary N) is 1. The van der Waals surface area contributed by atoms with Crippen LogP contribution in [0.3, 0.4) is 0 Å². The van der Waals surface area contributed by atoms with E-state index in [4.69, 9.17) is 22.1 Å². The fourth-order valence-corrected chi connectivity index (χ4v) is 1.73. The van der Waals surface area contributed by atoms with E-state index in [1.54, 1.807) is 25.3 Å². The third-order valence-corrected chi connectivity index (χ3v) is 2.68.